The molecule has 3 rings (SSSR count). The second-order valence-corrected chi connectivity index (χ2v) is 5.17. The minimum absolute atomic E-state index is 0.511. The van der Waals surface area contributed by atoms with Crippen molar-refractivity contribution >= 4 is 0 Å². The highest BCUT2D eigenvalue weighted by atomic mass is 16.5. The van der Waals surface area contributed by atoms with Gasteiger partial charge < -0.3 is 10.5 Å². The third kappa shape index (κ3) is 3.35. The van der Waals surface area contributed by atoms with Crippen molar-refractivity contribution < 1.29 is 4.74 Å². The molecule has 3 aromatic rings. The molecule has 0 aliphatic heterocycles. The van der Waals surface area contributed by atoms with Crippen LogP contribution >= 0.6 is 0 Å². The zero-order chi connectivity index (χ0) is 15.2. The Morgan fingerprint density at radius 2 is 1.41 bits per heavy atom. The number of ether oxygens (including phenoxy) is 1. The monoisotopic (exact) mass is 289 g/mol. The van der Waals surface area contributed by atoms with Gasteiger partial charge in [-0.25, -0.2) is 0 Å². The Kier molecular flexibility index (Phi) is 4.52. The molecular formula is C20H19NO. The molecule has 0 aliphatic rings. The van der Waals surface area contributed by atoms with Crippen molar-refractivity contribution in [1.29, 1.82) is 0 Å². The number of rotatable bonds is 5. The van der Waals surface area contributed by atoms with Crippen LogP contribution in [0.1, 0.15) is 11.1 Å². The molecule has 0 fully saturated rings. The van der Waals surface area contributed by atoms with Gasteiger partial charge in [-0.1, -0.05) is 72.8 Å². The largest absolute Gasteiger partial charge is 0.488 e. The molecule has 2 N–H and O–H groups in total. The van der Waals surface area contributed by atoms with Crippen LogP contribution in [0.2, 0.25) is 0 Å². The molecule has 0 aromatic heterocycles. The van der Waals surface area contributed by atoms with E-state index in [9.17, 15) is 0 Å². The average Bonchev–Trinajstić information content (AvgIpc) is 2.61. The average molecular weight is 289 g/mol. The van der Waals surface area contributed by atoms with Gasteiger partial charge in [-0.15, -0.1) is 0 Å². The molecule has 2 heteroatoms. The Labute approximate surface area is 131 Å². The zero-order valence-electron chi connectivity index (χ0n) is 12.4. The Balaban J connectivity index is 1.90. The van der Waals surface area contributed by atoms with Crippen molar-refractivity contribution in [2.45, 2.75) is 13.2 Å². The van der Waals surface area contributed by atoms with E-state index in [0.717, 1.165) is 28.0 Å². The highest BCUT2D eigenvalue weighted by molar-refractivity contribution is 5.70. The first-order valence-corrected chi connectivity index (χ1v) is 7.42. The number of hydrogen-bond acceptors (Lipinski definition) is 2. The molecule has 0 aliphatic carbocycles. The van der Waals surface area contributed by atoms with E-state index in [-0.39, 0.29) is 0 Å². The van der Waals surface area contributed by atoms with Gasteiger partial charge in [-0.2, -0.15) is 0 Å². The van der Waals surface area contributed by atoms with E-state index < -0.39 is 0 Å². The molecule has 0 unspecified atom stereocenters. The molecule has 0 atom stereocenters. The molecule has 110 valence electrons. The lowest BCUT2D eigenvalue weighted by Crippen LogP contribution is -2.00. The fourth-order valence-corrected chi connectivity index (χ4v) is 2.40. The van der Waals surface area contributed by atoms with E-state index in [1.807, 2.05) is 42.5 Å². The molecule has 0 heterocycles. The lowest BCUT2D eigenvalue weighted by atomic mass is 10.0. The van der Waals surface area contributed by atoms with Gasteiger partial charge in [0.15, 0.2) is 0 Å². The van der Waals surface area contributed by atoms with Crippen molar-refractivity contribution in [1.82, 2.24) is 0 Å². The summed E-state index contributed by atoms with van der Waals surface area (Å²) in [7, 11) is 0. The second-order valence-electron chi connectivity index (χ2n) is 5.17. The summed E-state index contributed by atoms with van der Waals surface area (Å²) in [5, 5.41) is 0. The van der Waals surface area contributed by atoms with Crippen LogP contribution in [0.5, 0.6) is 5.75 Å². The zero-order valence-corrected chi connectivity index (χ0v) is 12.4. The van der Waals surface area contributed by atoms with Gasteiger partial charge in [0.05, 0.1) is 0 Å². The van der Waals surface area contributed by atoms with Crippen molar-refractivity contribution in [3.8, 4) is 16.9 Å². The molecule has 2 nitrogen and oxygen atoms in total. The summed E-state index contributed by atoms with van der Waals surface area (Å²) >= 11 is 0. The summed E-state index contributed by atoms with van der Waals surface area (Å²) in [5.41, 5.74) is 10.2. The Hall–Kier alpha value is -2.58. The van der Waals surface area contributed by atoms with Crippen molar-refractivity contribution in [3.05, 3.63) is 90.0 Å². The summed E-state index contributed by atoms with van der Waals surface area (Å²) in [4.78, 5) is 0. The quantitative estimate of drug-likeness (QED) is 0.756. The standard InChI is InChI=1S/C20H19NO/c21-14-17-11-12-19(18-9-5-2-6-10-18)20(13-17)22-15-16-7-3-1-4-8-16/h1-13H,14-15,21H2. The van der Waals surface area contributed by atoms with Gasteiger partial charge in [0.25, 0.3) is 0 Å². The maximum absolute atomic E-state index is 6.06. The SMILES string of the molecule is NCc1ccc(-c2ccccc2)c(OCc2ccccc2)c1. The number of hydrogen-bond donors (Lipinski definition) is 1. The number of benzene rings is 3. The number of nitrogens with two attached hydrogens (primary N) is 1. The molecule has 0 spiro atoms. The minimum Gasteiger partial charge on any atom is -0.488 e. The van der Waals surface area contributed by atoms with E-state index in [1.165, 1.54) is 0 Å². The Morgan fingerprint density at radius 3 is 2.09 bits per heavy atom. The highest BCUT2D eigenvalue weighted by Crippen LogP contribution is 2.31. The van der Waals surface area contributed by atoms with Gasteiger partial charge >= 0.3 is 0 Å². The third-order valence-electron chi connectivity index (χ3n) is 3.60. The lowest BCUT2D eigenvalue weighted by molar-refractivity contribution is 0.307. The topological polar surface area (TPSA) is 35.2 Å². The first kappa shape index (κ1) is 14.4. The molecule has 0 saturated heterocycles. The molecule has 0 bridgehead atoms. The van der Waals surface area contributed by atoms with Crippen LogP contribution in [-0.2, 0) is 13.2 Å². The summed E-state index contributed by atoms with van der Waals surface area (Å²) in [6.07, 6.45) is 0. The first-order valence-electron chi connectivity index (χ1n) is 7.42. The van der Waals surface area contributed by atoms with Crippen LogP contribution in [0.15, 0.2) is 78.9 Å². The molecule has 0 amide bonds. The normalized spacial score (nSPS) is 10.4. The van der Waals surface area contributed by atoms with Gasteiger partial charge in [0.1, 0.15) is 12.4 Å². The fourth-order valence-electron chi connectivity index (χ4n) is 2.40. The predicted molar refractivity (Wildman–Crippen MR) is 90.5 cm³/mol. The van der Waals surface area contributed by atoms with E-state index in [1.54, 1.807) is 0 Å². The molecule has 3 aromatic carbocycles. The van der Waals surface area contributed by atoms with Crippen LogP contribution in [0, 0.1) is 0 Å². The van der Waals surface area contributed by atoms with Crippen LogP contribution in [0.3, 0.4) is 0 Å². The van der Waals surface area contributed by atoms with Crippen molar-refractivity contribution in [3.63, 3.8) is 0 Å². The summed E-state index contributed by atoms with van der Waals surface area (Å²) in [5.74, 6) is 0.873. The van der Waals surface area contributed by atoms with Crippen molar-refractivity contribution in [2.75, 3.05) is 0 Å². The molecule has 0 radical (unpaired) electrons. The van der Waals surface area contributed by atoms with E-state index in [2.05, 4.69) is 36.4 Å². The fraction of sp³-hybridized carbons (Fsp3) is 0.100. The van der Waals surface area contributed by atoms with Crippen LogP contribution in [0.25, 0.3) is 11.1 Å². The second kappa shape index (κ2) is 6.92. The third-order valence-corrected chi connectivity index (χ3v) is 3.60. The summed E-state index contributed by atoms with van der Waals surface area (Å²) in [6, 6.07) is 26.6. The minimum atomic E-state index is 0.511. The Morgan fingerprint density at radius 1 is 0.727 bits per heavy atom. The van der Waals surface area contributed by atoms with Gasteiger partial charge in [0.2, 0.25) is 0 Å². The smallest absolute Gasteiger partial charge is 0.127 e. The Bertz CT molecular complexity index is 723. The molecule has 22 heavy (non-hydrogen) atoms. The summed E-state index contributed by atoms with van der Waals surface area (Å²) in [6.45, 7) is 1.06. The molecular weight excluding hydrogens is 270 g/mol. The van der Waals surface area contributed by atoms with Gasteiger partial charge in [-0.05, 0) is 22.8 Å². The first-order chi connectivity index (χ1) is 10.9. The van der Waals surface area contributed by atoms with Gasteiger partial charge in [0, 0.05) is 12.1 Å². The van der Waals surface area contributed by atoms with Crippen LogP contribution < -0.4 is 10.5 Å². The van der Waals surface area contributed by atoms with E-state index in [0.29, 0.717) is 13.2 Å². The van der Waals surface area contributed by atoms with E-state index in [4.69, 9.17) is 10.5 Å². The van der Waals surface area contributed by atoms with Crippen LogP contribution in [0.4, 0.5) is 0 Å². The van der Waals surface area contributed by atoms with E-state index >= 15 is 0 Å². The highest BCUT2D eigenvalue weighted by Gasteiger charge is 2.07. The molecule has 0 saturated carbocycles. The maximum atomic E-state index is 6.06. The van der Waals surface area contributed by atoms with Crippen molar-refractivity contribution in [2.24, 2.45) is 5.73 Å². The maximum Gasteiger partial charge on any atom is 0.127 e. The summed E-state index contributed by atoms with van der Waals surface area (Å²) < 4.78 is 6.06. The van der Waals surface area contributed by atoms with Crippen LogP contribution in [-0.4, -0.2) is 0 Å². The van der Waals surface area contributed by atoms with Gasteiger partial charge in [-0.3, -0.25) is 0 Å². The lowest BCUT2D eigenvalue weighted by Gasteiger charge is -2.13. The predicted octanol–water partition coefficient (Wildman–Crippen LogP) is 4.39.